The number of rotatable bonds is 3. The van der Waals surface area contributed by atoms with Crippen molar-refractivity contribution in [3.05, 3.63) is 70.8 Å². The molecule has 2 rings (SSSR count). The van der Waals surface area contributed by atoms with Crippen LogP contribution in [0.25, 0.3) is 0 Å². The molecule has 0 aromatic heterocycles. The summed E-state index contributed by atoms with van der Waals surface area (Å²) < 4.78 is 26.9. The van der Waals surface area contributed by atoms with Crippen LogP contribution in [0, 0.1) is 18.6 Å². The Morgan fingerprint density at radius 2 is 1.68 bits per heavy atom. The summed E-state index contributed by atoms with van der Waals surface area (Å²) in [7, 11) is 0. The maximum atomic E-state index is 13.7. The summed E-state index contributed by atoms with van der Waals surface area (Å²) in [6.07, 6.45) is 0. The monoisotopic (exact) mass is 260 g/mol. The zero-order valence-corrected chi connectivity index (χ0v) is 10.8. The molecule has 0 aliphatic heterocycles. The summed E-state index contributed by atoms with van der Waals surface area (Å²) in [6, 6.07) is 11.2. The van der Waals surface area contributed by atoms with E-state index in [1.807, 2.05) is 30.3 Å². The summed E-state index contributed by atoms with van der Waals surface area (Å²) in [5.74, 6) is -2.25. The van der Waals surface area contributed by atoms with Gasteiger partial charge in [-0.1, -0.05) is 37.3 Å². The van der Waals surface area contributed by atoms with Crippen LogP contribution in [-0.4, -0.2) is 5.78 Å². The minimum atomic E-state index is -0.809. The number of carbonyl (C=O) groups is 1. The van der Waals surface area contributed by atoms with Crippen LogP contribution in [0.2, 0.25) is 0 Å². The molecule has 0 amide bonds. The Morgan fingerprint density at radius 1 is 1.05 bits per heavy atom. The normalized spacial score (nSPS) is 12.2. The van der Waals surface area contributed by atoms with E-state index in [-0.39, 0.29) is 16.9 Å². The third-order valence-electron chi connectivity index (χ3n) is 3.21. The van der Waals surface area contributed by atoms with Crippen LogP contribution >= 0.6 is 0 Å². The van der Waals surface area contributed by atoms with Crippen molar-refractivity contribution in [2.75, 3.05) is 0 Å². The Morgan fingerprint density at radius 3 is 2.32 bits per heavy atom. The first kappa shape index (κ1) is 13.4. The summed E-state index contributed by atoms with van der Waals surface area (Å²) in [4.78, 5) is 12.3. The summed E-state index contributed by atoms with van der Waals surface area (Å²) in [5.41, 5.74) is 1.02. The zero-order valence-electron chi connectivity index (χ0n) is 10.8. The van der Waals surface area contributed by atoms with Gasteiger partial charge in [-0.15, -0.1) is 0 Å². The summed E-state index contributed by atoms with van der Waals surface area (Å²) >= 11 is 0. The van der Waals surface area contributed by atoms with Gasteiger partial charge in [0.1, 0.15) is 11.6 Å². The highest BCUT2D eigenvalue weighted by Crippen LogP contribution is 2.23. The first-order valence-corrected chi connectivity index (χ1v) is 6.05. The standard InChI is InChI=1S/C16H14F2O/c1-10-8-13(15(18)9-14(10)17)16(19)11(2)12-6-4-3-5-7-12/h3-9,11H,1-2H3. The molecule has 0 aliphatic rings. The molecule has 2 aromatic carbocycles. The lowest BCUT2D eigenvalue weighted by Crippen LogP contribution is -2.12. The van der Waals surface area contributed by atoms with Gasteiger partial charge >= 0.3 is 0 Å². The second-order valence-electron chi connectivity index (χ2n) is 4.58. The van der Waals surface area contributed by atoms with Crippen LogP contribution in [0.15, 0.2) is 42.5 Å². The van der Waals surface area contributed by atoms with E-state index in [1.54, 1.807) is 6.92 Å². The van der Waals surface area contributed by atoms with E-state index < -0.39 is 17.6 Å². The number of hydrogen-bond acceptors (Lipinski definition) is 1. The average Bonchev–Trinajstić information content (AvgIpc) is 2.42. The Hall–Kier alpha value is -2.03. The predicted octanol–water partition coefficient (Wildman–Crippen LogP) is 4.26. The third-order valence-corrected chi connectivity index (χ3v) is 3.21. The fourth-order valence-corrected chi connectivity index (χ4v) is 1.97. The number of halogens is 2. The van der Waals surface area contributed by atoms with E-state index in [9.17, 15) is 13.6 Å². The van der Waals surface area contributed by atoms with Crippen LogP contribution in [0.3, 0.4) is 0 Å². The topological polar surface area (TPSA) is 17.1 Å². The minimum absolute atomic E-state index is 0.0600. The predicted molar refractivity (Wildman–Crippen MR) is 70.3 cm³/mol. The van der Waals surface area contributed by atoms with Gasteiger partial charge in [0, 0.05) is 12.0 Å². The van der Waals surface area contributed by atoms with Gasteiger partial charge < -0.3 is 0 Å². The van der Waals surface area contributed by atoms with Gasteiger partial charge in [0.15, 0.2) is 5.78 Å². The quantitative estimate of drug-likeness (QED) is 0.753. The van der Waals surface area contributed by atoms with E-state index in [0.717, 1.165) is 11.6 Å². The molecule has 0 spiro atoms. The molecule has 2 aromatic rings. The van der Waals surface area contributed by atoms with E-state index in [0.29, 0.717) is 0 Å². The molecule has 0 fully saturated rings. The Bertz CT molecular complexity index is 606. The van der Waals surface area contributed by atoms with Crippen molar-refractivity contribution in [1.82, 2.24) is 0 Å². The van der Waals surface area contributed by atoms with Gasteiger partial charge in [-0.05, 0) is 24.1 Å². The minimum Gasteiger partial charge on any atom is -0.293 e. The first-order chi connectivity index (χ1) is 9.00. The van der Waals surface area contributed by atoms with Crippen molar-refractivity contribution < 1.29 is 13.6 Å². The third kappa shape index (κ3) is 2.70. The Kier molecular flexibility index (Phi) is 3.74. The second-order valence-corrected chi connectivity index (χ2v) is 4.58. The van der Waals surface area contributed by atoms with Gasteiger partial charge in [0.25, 0.3) is 0 Å². The molecule has 1 nitrogen and oxygen atoms in total. The van der Waals surface area contributed by atoms with E-state index in [4.69, 9.17) is 0 Å². The molecule has 0 bridgehead atoms. The van der Waals surface area contributed by atoms with Gasteiger partial charge in [0.05, 0.1) is 5.56 Å². The maximum Gasteiger partial charge on any atom is 0.172 e. The summed E-state index contributed by atoms with van der Waals surface area (Å²) in [5, 5.41) is 0. The van der Waals surface area contributed by atoms with Crippen molar-refractivity contribution in [3.63, 3.8) is 0 Å². The number of aryl methyl sites for hydroxylation is 1. The van der Waals surface area contributed by atoms with Crippen LogP contribution < -0.4 is 0 Å². The molecule has 0 saturated carbocycles. The Labute approximate surface area is 110 Å². The highest BCUT2D eigenvalue weighted by atomic mass is 19.1. The molecule has 0 heterocycles. The molecular formula is C16H14F2O. The molecule has 0 saturated heterocycles. The molecule has 0 N–H and O–H groups in total. The maximum absolute atomic E-state index is 13.7. The average molecular weight is 260 g/mol. The molecule has 98 valence electrons. The largest absolute Gasteiger partial charge is 0.293 e. The lowest BCUT2D eigenvalue weighted by molar-refractivity contribution is 0.0962. The lowest BCUT2D eigenvalue weighted by atomic mass is 9.91. The van der Waals surface area contributed by atoms with Gasteiger partial charge in [-0.2, -0.15) is 0 Å². The fraction of sp³-hybridized carbons (Fsp3) is 0.188. The number of hydrogen-bond donors (Lipinski definition) is 0. The molecule has 3 heteroatoms. The van der Waals surface area contributed by atoms with Crippen LogP contribution in [0.1, 0.15) is 34.3 Å². The molecule has 19 heavy (non-hydrogen) atoms. The van der Waals surface area contributed by atoms with Crippen LogP contribution in [-0.2, 0) is 0 Å². The smallest absolute Gasteiger partial charge is 0.172 e. The number of Topliss-reactive ketones (excluding diaryl/α,β-unsaturated/α-hetero) is 1. The lowest BCUT2D eigenvalue weighted by Gasteiger charge is -2.12. The zero-order chi connectivity index (χ0) is 14.0. The van der Waals surface area contributed by atoms with Crippen molar-refractivity contribution in [2.24, 2.45) is 0 Å². The SMILES string of the molecule is Cc1cc(C(=O)C(C)c2ccccc2)c(F)cc1F. The fourth-order valence-electron chi connectivity index (χ4n) is 1.97. The highest BCUT2D eigenvalue weighted by Gasteiger charge is 2.21. The van der Waals surface area contributed by atoms with E-state index in [2.05, 4.69) is 0 Å². The second kappa shape index (κ2) is 5.31. The molecule has 0 radical (unpaired) electrons. The van der Waals surface area contributed by atoms with Crippen molar-refractivity contribution >= 4 is 5.78 Å². The molecule has 1 unspecified atom stereocenters. The van der Waals surface area contributed by atoms with Crippen molar-refractivity contribution in [3.8, 4) is 0 Å². The molecule has 0 aliphatic carbocycles. The van der Waals surface area contributed by atoms with Crippen molar-refractivity contribution in [1.29, 1.82) is 0 Å². The van der Waals surface area contributed by atoms with Crippen molar-refractivity contribution in [2.45, 2.75) is 19.8 Å². The van der Waals surface area contributed by atoms with Crippen LogP contribution in [0.5, 0.6) is 0 Å². The Balaban J connectivity index is 2.37. The molecule has 1 atom stereocenters. The van der Waals surface area contributed by atoms with E-state index in [1.165, 1.54) is 13.0 Å². The highest BCUT2D eigenvalue weighted by molar-refractivity contribution is 6.01. The molecular weight excluding hydrogens is 246 g/mol. The van der Waals surface area contributed by atoms with Gasteiger partial charge in [-0.3, -0.25) is 4.79 Å². The number of benzene rings is 2. The summed E-state index contributed by atoms with van der Waals surface area (Å²) in [6.45, 7) is 3.23. The van der Waals surface area contributed by atoms with Gasteiger partial charge in [0.2, 0.25) is 0 Å². The van der Waals surface area contributed by atoms with Gasteiger partial charge in [-0.25, -0.2) is 8.78 Å². The number of carbonyl (C=O) groups excluding carboxylic acids is 1. The van der Waals surface area contributed by atoms with E-state index >= 15 is 0 Å². The number of ketones is 1. The van der Waals surface area contributed by atoms with Crippen LogP contribution in [0.4, 0.5) is 8.78 Å². The first-order valence-electron chi connectivity index (χ1n) is 6.05.